The van der Waals surface area contributed by atoms with Gasteiger partial charge in [-0.2, -0.15) is 0 Å². The number of aryl methyl sites for hydroxylation is 3. The van der Waals surface area contributed by atoms with Crippen molar-refractivity contribution in [2.75, 3.05) is 9.80 Å². The lowest BCUT2D eigenvalue weighted by Crippen LogP contribution is -2.61. The van der Waals surface area contributed by atoms with Crippen molar-refractivity contribution in [2.24, 2.45) is 10.8 Å². The summed E-state index contributed by atoms with van der Waals surface area (Å²) in [4.78, 5) is 5.24. The van der Waals surface area contributed by atoms with Gasteiger partial charge in [-0.3, -0.25) is 0 Å². The average molecular weight is 809 g/mol. The fourth-order valence-corrected chi connectivity index (χ4v) is 11.9. The van der Waals surface area contributed by atoms with Crippen molar-refractivity contribution in [2.45, 2.75) is 164 Å². The number of fused-ring (bicyclic) bond motifs is 6. The molecule has 2 aliphatic heterocycles. The van der Waals surface area contributed by atoms with Gasteiger partial charge >= 0.3 is 0 Å². The molecule has 0 amide bonds. The van der Waals surface area contributed by atoms with E-state index in [2.05, 4.69) is 173 Å². The minimum atomic E-state index is -0.0515. The largest absolute Gasteiger partial charge is 0.468 e. The molecule has 10 rings (SSSR count). The third kappa shape index (κ3) is 6.50. The number of benzene rings is 4. The highest BCUT2D eigenvalue weighted by molar-refractivity contribution is 6.99. The van der Waals surface area contributed by atoms with Gasteiger partial charge in [0.2, 0.25) is 0 Å². The van der Waals surface area contributed by atoms with Gasteiger partial charge in [0, 0.05) is 34.0 Å². The van der Waals surface area contributed by atoms with Crippen molar-refractivity contribution in [3.63, 3.8) is 0 Å². The van der Waals surface area contributed by atoms with Gasteiger partial charge < -0.3 is 14.2 Å². The van der Waals surface area contributed by atoms with Crippen LogP contribution in [0.15, 0.2) is 76.7 Å². The zero-order valence-electron chi connectivity index (χ0n) is 39.7. The molecule has 61 heavy (non-hydrogen) atoms. The normalized spacial score (nSPS) is 21.1. The van der Waals surface area contributed by atoms with E-state index in [1.807, 2.05) is 0 Å². The second-order valence-corrected chi connectivity index (χ2v) is 23.7. The van der Waals surface area contributed by atoms with Gasteiger partial charge in [0.15, 0.2) is 0 Å². The molecule has 1 fully saturated rings. The zero-order valence-corrected chi connectivity index (χ0v) is 39.7. The lowest BCUT2D eigenvalue weighted by atomic mass is 9.35. The van der Waals surface area contributed by atoms with Gasteiger partial charge in [-0.15, -0.1) is 0 Å². The van der Waals surface area contributed by atoms with Crippen molar-refractivity contribution in [1.82, 2.24) is 0 Å². The minimum absolute atomic E-state index is 0.000884. The molecule has 0 saturated heterocycles. The number of rotatable bonds is 3. The maximum absolute atomic E-state index is 7.55. The van der Waals surface area contributed by atoms with E-state index in [1.54, 1.807) is 0 Å². The second kappa shape index (κ2) is 13.5. The first kappa shape index (κ1) is 40.6. The topological polar surface area (TPSA) is 19.6 Å². The Hall–Kier alpha value is -4.44. The molecule has 1 aromatic heterocycles. The lowest BCUT2D eigenvalue weighted by Gasteiger charge is -2.45. The molecule has 3 heterocycles. The Kier molecular flexibility index (Phi) is 9.01. The molecule has 1 saturated carbocycles. The molecule has 3 aliphatic carbocycles. The number of hydrogen-bond acceptors (Lipinski definition) is 3. The van der Waals surface area contributed by atoms with Crippen LogP contribution in [0.3, 0.4) is 0 Å². The maximum atomic E-state index is 7.55. The van der Waals surface area contributed by atoms with Crippen molar-refractivity contribution in [3.8, 4) is 0 Å². The van der Waals surface area contributed by atoms with E-state index < -0.39 is 0 Å². The molecule has 0 N–H and O–H groups in total. The summed E-state index contributed by atoms with van der Waals surface area (Å²) < 4.78 is 7.55. The minimum Gasteiger partial charge on any atom is -0.468 e. The smallest absolute Gasteiger partial charge is 0.297 e. The fraction of sp³-hybridized carbons (Fsp3) is 0.474. The van der Waals surface area contributed by atoms with E-state index in [1.165, 1.54) is 135 Å². The van der Waals surface area contributed by atoms with Crippen LogP contribution >= 0.6 is 0 Å². The Morgan fingerprint density at radius 1 is 0.639 bits per heavy atom. The van der Waals surface area contributed by atoms with E-state index in [0.29, 0.717) is 0 Å². The second-order valence-electron chi connectivity index (χ2n) is 23.7. The Labute approximate surface area is 368 Å². The highest BCUT2D eigenvalue weighted by Crippen LogP contribution is 2.53. The van der Waals surface area contributed by atoms with E-state index in [-0.39, 0.29) is 33.8 Å². The molecule has 3 nitrogen and oxygen atoms in total. The van der Waals surface area contributed by atoms with Gasteiger partial charge in [0.05, 0.1) is 11.3 Å². The summed E-state index contributed by atoms with van der Waals surface area (Å²) >= 11 is 0. The maximum Gasteiger partial charge on any atom is 0.297 e. The number of furan rings is 1. The summed E-state index contributed by atoms with van der Waals surface area (Å²) in [7, 11) is 0. The van der Waals surface area contributed by atoms with Crippen molar-refractivity contribution in [1.29, 1.82) is 0 Å². The Balaban J connectivity index is 1.28. The third-order valence-electron chi connectivity index (χ3n) is 16.1. The molecule has 4 aromatic carbocycles. The van der Waals surface area contributed by atoms with E-state index >= 15 is 0 Å². The summed E-state index contributed by atoms with van der Waals surface area (Å²) in [6, 6.07) is 27.1. The van der Waals surface area contributed by atoms with Crippen LogP contribution in [0.2, 0.25) is 0 Å². The molecule has 316 valence electrons. The van der Waals surface area contributed by atoms with Gasteiger partial charge in [0.1, 0.15) is 5.76 Å². The average Bonchev–Trinajstić information content (AvgIpc) is 3.51. The monoisotopic (exact) mass is 809 g/mol. The number of anilines is 6. The zero-order chi connectivity index (χ0) is 43.2. The molecule has 0 spiro atoms. The number of allylic oxidation sites excluding steroid dienone is 1. The Morgan fingerprint density at radius 3 is 2.00 bits per heavy atom. The summed E-state index contributed by atoms with van der Waals surface area (Å²) in [5.74, 6) is 1.02. The Bertz CT molecular complexity index is 2660. The van der Waals surface area contributed by atoms with Crippen LogP contribution in [0.25, 0.3) is 6.08 Å². The standard InChI is InChI=1S/C57H69BN2O/c1-35-28-47-50-48(29-35)60(42-21-22-43-44(33-42)57(12,13)27-26-56(43,10)11)51-36(2)49(32-40-34-54(6,7)24-25-55(40,8)9)61-52(51)58(50)45-23-19-39(53(3,4)5)31-46(45)59(47)41-20-18-37-16-14-15-17-38(37)30-41/h18-23,28-33H,14-17,24-27,34H2,1-13H3/b40-32+. The summed E-state index contributed by atoms with van der Waals surface area (Å²) in [6.45, 7) is 31.2. The van der Waals surface area contributed by atoms with E-state index in [0.717, 1.165) is 24.3 Å². The van der Waals surface area contributed by atoms with Crippen molar-refractivity contribution < 1.29 is 4.42 Å². The van der Waals surface area contributed by atoms with Crippen LogP contribution in [0, 0.1) is 24.7 Å². The molecule has 0 bridgehead atoms. The molecular formula is C57H69BN2O. The first-order chi connectivity index (χ1) is 28.6. The molecular weight excluding hydrogens is 739 g/mol. The van der Waals surface area contributed by atoms with Gasteiger partial charge in [-0.1, -0.05) is 106 Å². The van der Waals surface area contributed by atoms with E-state index in [4.69, 9.17) is 4.42 Å². The van der Waals surface area contributed by atoms with Gasteiger partial charge in [-0.05, 0) is 192 Å². The van der Waals surface area contributed by atoms with Crippen LogP contribution in [0.1, 0.15) is 166 Å². The van der Waals surface area contributed by atoms with Crippen LogP contribution < -0.4 is 26.4 Å². The van der Waals surface area contributed by atoms with Gasteiger partial charge in [-0.25, -0.2) is 0 Å². The predicted octanol–water partition coefficient (Wildman–Crippen LogP) is 14.1. The highest BCUT2D eigenvalue weighted by atomic mass is 16.3. The fourth-order valence-electron chi connectivity index (χ4n) is 11.9. The van der Waals surface area contributed by atoms with E-state index in [9.17, 15) is 0 Å². The predicted molar refractivity (Wildman–Crippen MR) is 262 cm³/mol. The SMILES string of the molecule is Cc1cc2c3c(c1)N(c1ccc4c(c1)C(C)(C)CCC4(C)C)c1c(oc(/C=C4\CC(C)(C)CCC4(C)C)c1C)B3c1ccc(C(C)(C)C)cc1N2c1ccc2c(c1)CCCC2. The quantitative estimate of drug-likeness (QED) is 0.166. The number of nitrogens with zero attached hydrogens (tertiary/aromatic N) is 2. The van der Waals surface area contributed by atoms with Crippen molar-refractivity contribution >= 4 is 63.5 Å². The third-order valence-corrected chi connectivity index (χ3v) is 16.1. The summed E-state index contributed by atoms with van der Waals surface area (Å²) in [5, 5.41) is 0. The summed E-state index contributed by atoms with van der Waals surface area (Å²) in [6.07, 6.45) is 13.3. The first-order valence-corrected chi connectivity index (χ1v) is 23.6. The first-order valence-electron chi connectivity index (χ1n) is 23.6. The van der Waals surface area contributed by atoms with Crippen LogP contribution in [0.4, 0.5) is 34.1 Å². The molecule has 4 heteroatoms. The number of hydrogen-bond donors (Lipinski definition) is 0. The molecule has 0 radical (unpaired) electrons. The van der Waals surface area contributed by atoms with Crippen molar-refractivity contribution in [3.05, 3.63) is 117 Å². The van der Waals surface area contributed by atoms with Crippen LogP contribution in [-0.4, -0.2) is 6.71 Å². The van der Waals surface area contributed by atoms with Crippen LogP contribution in [-0.2, 0) is 29.1 Å². The van der Waals surface area contributed by atoms with Gasteiger partial charge in [0.25, 0.3) is 6.71 Å². The summed E-state index contributed by atoms with van der Waals surface area (Å²) in [5.41, 5.74) is 23.3. The Morgan fingerprint density at radius 2 is 1.28 bits per heavy atom. The molecule has 0 atom stereocenters. The molecule has 5 aliphatic rings. The molecule has 0 unspecified atom stereocenters. The molecule has 5 aromatic rings. The highest BCUT2D eigenvalue weighted by Gasteiger charge is 2.48. The lowest BCUT2D eigenvalue weighted by molar-refractivity contribution is 0.201. The van der Waals surface area contributed by atoms with Crippen LogP contribution in [0.5, 0.6) is 0 Å².